The molecule has 5 nitrogen and oxygen atoms in total. The molecule has 0 aliphatic carbocycles. The van der Waals surface area contributed by atoms with E-state index in [4.69, 9.17) is 16.3 Å². The van der Waals surface area contributed by atoms with Gasteiger partial charge in [0.2, 0.25) is 0 Å². The summed E-state index contributed by atoms with van der Waals surface area (Å²) < 4.78 is 5.11. The Morgan fingerprint density at radius 3 is 2.86 bits per heavy atom. The SMILES string of the molecule is COc1cccc(C=NNC(=O)CNc2ccccc2Cl)c1. The highest BCUT2D eigenvalue weighted by atomic mass is 35.5. The van der Waals surface area contributed by atoms with E-state index in [2.05, 4.69) is 15.8 Å². The van der Waals surface area contributed by atoms with Crippen molar-refractivity contribution in [2.24, 2.45) is 5.10 Å². The number of hydrogen-bond acceptors (Lipinski definition) is 4. The van der Waals surface area contributed by atoms with E-state index in [9.17, 15) is 4.79 Å². The molecule has 0 spiro atoms. The Morgan fingerprint density at radius 1 is 1.27 bits per heavy atom. The molecule has 2 N–H and O–H groups in total. The van der Waals surface area contributed by atoms with Crippen LogP contribution in [0.1, 0.15) is 5.56 Å². The zero-order valence-electron chi connectivity index (χ0n) is 12.0. The monoisotopic (exact) mass is 317 g/mol. The number of nitrogens with one attached hydrogen (secondary N) is 2. The van der Waals surface area contributed by atoms with Crippen molar-refractivity contribution in [3.05, 3.63) is 59.1 Å². The Morgan fingerprint density at radius 2 is 2.09 bits per heavy atom. The average molecular weight is 318 g/mol. The summed E-state index contributed by atoms with van der Waals surface area (Å²) in [5.74, 6) is 0.467. The molecule has 22 heavy (non-hydrogen) atoms. The number of hydrogen-bond donors (Lipinski definition) is 2. The third-order valence-electron chi connectivity index (χ3n) is 2.81. The summed E-state index contributed by atoms with van der Waals surface area (Å²) in [4.78, 5) is 11.7. The largest absolute Gasteiger partial charge is 0.497 e. The van der Waals surface area contributed by atoms with Gasteiger partial charge in [-0.1, -0.05) is 35.9 Å². The molecule has 0 atom stereocenters. The fraction of sp³-hybridized carbons (Fsp3) is 0.125. The molecule has 0 aliphatic heterocycles. The molecule has 0 saturated carbocycles. The second kappa shape index (κ2) is 8.05. The number of benzene rings is 2. The van der Waals surface area contributed by atoms with Crippen molar-refractivity contribution in [1.29, 1.82) is 0 Å². The summed E-state index contributed by atoms with van der Waals surface area (Å²) in [5.41, 5.74) is 3.98. The Kier molecular flexibility index (Phi) is 5.80. The van der Waals surface area contributed by atoms with Crippen molar-refractivity contribution in [2.45, 2.75) is 0 Å². The van der Waals surface area contributed by atoms with Crippen LogP contribution in [0.5, 0.6) is 5.75 Å². The van der Waals surface area contributed by atoms with Crippen LogP contribution in [0.4, 0.5) is 5.69 Å². The molecule has 0 saturated heterocycles. The molecular weight excluding hydrogens is 302 g/mol. The molecule has 0 fully saturated rings. The maximum absolute atomic E-state index is 11.7. The van der Waals surface area contributed by atoms with Gasteiger partial charge in [0.1, 0.15) is 5.75 Å². The Bertz CT molecular complexity index is 674. The van der Waals surface area contributed by atoms with Crippen LogP contribution in [-0.4, -0.2) is 25.8 Å². The van der Waals surface area contributed by atoms with E-state index < -0.39 is 0 Å². The summed E-state index contributed by atoms with van der Waals surface area (Å²) in [7, 11) is 1.60. The van der Waals surface area contributed by atoms with Gasteiger partial charge >= 0.3 is 0 Å². The Labute approximate surface area is 133 Å². The lowest BCUT2D eigenvalue weighted by Crippen LogP contribution is -2.25. The molecule has 1 amide bonds. The maximum Gasteiger partial charge on any atom is 0.259 e. The Balaban J connectivity index is 1.82. The number of nitrogens with zero attached hydrogens (tertiary/aromatic N) is 1. The minimum atomic E-state index is -0.265. The van der Waals surface area contributed by atoms with Gasteiger partial charge < -0.3 is 10.1 Å². The van der Waals surface area contributed by atoms with Gasteiger partial charge in [-0.2, -0.15) is 5.10 Å². The first-order valence-corrected chi connectivity index (χ1v) is 7.01. The first kappa shape index (κ1) is 15.9. The fourth-order valence-electron chi connectivity index (χ4n) is 1.72. The molecule has 0 unspecified atom stereocenters. The predicted molar refractivity (Wildman–Crippen MR) is 88.7 cm³/mol. The third kappa shape index (κ3) is 4.79. The zero-order valence-corrected chi connectivity index (χ0v) is 12.8. The van der Waals surface area contributed by atoms with Crippen LogP contribution in [0.25, 0.3) is 0 Å². The standard InChI is InChI=1S/C16H16ClN3O2/c1-22-13-6-4-5-12(9-13)10-19-20-16(21)11-18-15-8-3-2-7-14(15)17/h2-10,18H,11H2,1H3,(H,20,21). The number of rotatable bonds is 6. The number of carbonyl (C=O) groups excluding carboxylic acids is 1. The second-order valence-corrected chi connectivity index (χ2v) is 4.81. The van der Waals surface area contributed by atoms with E-state index in [0.29, 0.717) is 10.7 Å². The first-order chi connectivity index (χ1) is 10.7. The van der Waals surface area contributed by atoms with Crippen molar-refractivity contribution < 1.29 is 9.53 Å². The predicted octanol–water partition coefficient (Wildman–Crippen LogP) is 2.91. The molecule has 2 rings (SSSR count). The van der Waals surface area contributed by atoms with Crippen LogP contribution >= 0.6 is 11.6 Å². The van der Waals surface area contributed by atoms with Gasteiger partial charge in [0.15, 0.2) is 0 Å². The molecule has 6 heteroatoms. The first-order valence-electron chi connectivity index (χ1n) is 6.63. The second-order valence-electron chi connectivity index (χ2n) is 4.40. The molecule has 0 heterocycles. The minimum Gasteiger partial charge on any atom is -0.497 e. The highest BCUT2D eigenvalue weighted by molar-refractivity contribution is 6.33. The van der Waals surface area contributed by atoms with Gasteiger partial charge in [0.25, 0.3) is 5.91 Å². The van der Waals surface area contributed by atoms with E-state index in [0.717, 1.165) is 11.3 Å². The average Bonchev–Trinajstić information content (AvgIpc) is 2.54. The highest BCUT2D eigenvalue weighted by Gasteiger charge is 2.02. The number of ether oxygens (including phenoxy) is 1. The highest BCUT2D eigenvalue weighted by Crippen LogP contribution is 2.19. The molecule has 0 aromatic heterocycles. The molecule has 2 aromatic carbocycles. The summed E-state index contributed by atoms with van der Waals surface area (Å²) in [6.07, 6.45) is 1.55. The maximum atomic E-state index is 11.7. The van der Waals surface area contributed by atoms with Crippen molar-refractivity contribution >= 4 is 29.4 Å². The topological polar surface area (TPSA) is 62.7 Å². The minimum absolute atomic E-state index is 0.0825. The van der Waals surface area contributed by atoms with E-state index in [-0.39, 0.29) is 12.5 Å². The summed E-state index contributed by atoms with van der Waals surface area (Å²) in [6, 6.07) is 14.6. The zero-order chi connectivity index (χ0) is 15.8. The van der Waals surface area contributed by atoms with Gasteiger partial charge in [-0.25, -0.2) is 5.43 Å². The van der Waals surface area contributed by atoms with Gasteiger partial charge in [0.05, 0.1) is 30.6 Å². The molecule has 0 radical (unpaired) electrons. The normalized spacial score (nSPS) is 10.5. The molecular formula is C16H16ClN3O2. The molecule has 0 aliphatic rings. The van der Waals surface area contributed by atoms with E-state index in [1.807, 2.05) is 36.4 Å². The number of hydrazone groups is 1. The lowest BCUT2D eigenvalue weighted by atomic mass is 10.2. The van der Waals surface area contributed by atoms with Crippen LogP contribution in [0.2, 0.25) is 5.02 Å². The number of halogens is 1. The van der Waals surface area contributed by atoms with Gasteiger partial charge in [0, 0.05) is 0 Å². The number of carbonyl (C=O) groups is 1. The lowest BCUT2D eigenvalue weighted by molar-refractivity contribution is -0.119. The summed E-state index contributed by atoms with van der Waals surface area (Å²) >= 11 is 5.98. The van der Waals surface area contributed by atoms with Crippen LogP contribution in [0.15, 0.2) is 53.6 Å². The quantitative estimate of drug-likeness (QED) is 0.636. The smallest absolute Gasteiger partial charge is 0.259 e. The number of para-hydroxylation sites is 1. The molecule has 0 bridgehead atoms. The van der Waals surface area contributed by atoms with Gasteiger partial charge in [-0.15, -0.1) is 0 Å². The fourth-order valence-corrected chi connectivity index (χ4v) is 1.92. The number of methoxy groups -OCH3 is 1. The number of anilines is 1. The van der Waals surface area contributed by atoms with Crippen molar-refractivity contribution in [1.82, 2.24) is 5.43 Å². The van der Waals surface area contributed by atoms with Crippen molar-refractivity contribution in [3.8, 4) is 5.75 Å². The molecule has 114 valence electrons. The van der Waals surface area contributed by atoms with Gasteiger partial charge in [-0.3, -0.25) is 4.79 Å². The van der Waals surface area contributed by atoms with Crippen LogP contribution in [0.3, 0.4) is 0 Å². The van der Waals surface area contributed by atoms with Crippen molar-refractivity contribution in [3.63, 3.8) is 0 Å². The summed E-state index contributed by atoms with van der Waals surface area (Å²) in [6.45, 7) is 0.0825. The summed E-state index contributed by atoms with van der Waals surface area (Å²) in [5, 5.41) is 7.41. The van der Waals surface area contributed by atoms with Crippen LogP contribution in [0, 0.1) is 0 Å². The number of amides is 1. The van der Waals surface area contributed by atoms with Crippen LogP contribution in [-0.2, 0) is 4.79 Å². The van der Waals surface area contributed by atoms with E-state index in [1.54, 1.807) is 25.5 Å². The van der Waals surface area contributed by atoms with E-state index in [1.165, 1.54) is 0 Å². The molecule has 2 aromatic rings. The third-order valence-corrected chi connectivity index (χ3v) is 3.14. The van der Waals surface area contributed by atoms with Crippen LogP contribution < -0.4 is 15.5 Å². The lowest BCUT2D eigenvalue weighted by Gasteiger charge is -2.06. The van der Waals surface area contributed by atoms with Crippen molar-refractivity contribution in [2.75, 3.05) is 19.0 Å². The van der Waals surface area contributed by atoms with E-state index >= 15 is 0 Å². The van der Waals surface area contributed by atoms with Gasteiger partial charge in [-0.05, 0) is 29.8 Å². The Hall–Kier alpha value is -2.53.